The second-order valence-electron chi connectivity index (χ2n) is 6.67. The first kappa shape index (κ1) is 18.8. The summed E-state index contributed by atoms with van der Waals surface area (Å²) in [5.74, 6) is 0.256. The van der Waals surface area contributed by atoms with Crippen molar-refractivity contribution in [3.8, 4) is 0 Å². The van der Waals surface area contributed by atoms with Gasteiger partial charge in [-0.1, -0.05) is 11.6 Å². The molecule has 0 radical (unpaired) electrons. The number of hydrogen-bond donors (Lipinski definition) is 2. The molecular weight excluding hydrogens is 340 g/mol. The average molecular weight is 364 g/mol. The van der Waals surface area contributed by atoms with E-state index in [0.29, 0.717) is 23.6 Å². The van der Waals surface area contributed by atoms with E-state index in [-0.39, 0.29) is 11.7 Å². The van der Waals surface area contributed by atoms with Crippen molar-refractivity contribution in [3.05, 3.63) is 59.4 Å². The van der Waals surface area contributed by atoms with E-state index in [1.807, 2.05) is 0 Å². The fraction of sp³-hybridized carbons (Fsp3) is 0.333. The van der Waals surface area contributed by atoms with E-state index in [9.17, 15) is 9.59 Å². The van der Waals surface area contributed by atoms with E-state index in [1.165, 1.54) is 37.7 Å². The Morgan fingerprint density at radius 2 is 1.78 bits per heavy atom. The third-order valence-corrected chi connectivity index (χ3v) is 4.58. The van der Waals surface area contributed by atoms with Crippen molar-refractivity contribution in [2.75, 3.05) is 11.9 Å². The predicted molar refractivity (Wildman–Crippen MR) is 105 cm³/mol. The Balaban J connectivity index is 1.50. The summed E-state index contributed by atoms with van der Waals surface area (Å²) in [6.07, 6.45) is 11.0. The largest absolute Gasteiger partial charge is 0.352 e. The number of nitrogens with one attached hydrogen (secondary N) is 2. The number of anilines is 2. The Labute approximate surface area is 159 Å². The van der Waals surface area contributed by atoms with Gasteiger partial charge in [0.15, 0.2) is 5.78 Å². The summed E-state index contributed by atoms with van der Waals surface area (Å²) in [5.41, 5.74) is 3.30. The number of hydrogen-bond acceptors (Lipinski definition) is 5. The molecule has 6 heteroatoms. The highest BCUT2D eigenvalue weighted by Crippen LogP contribution is 2.19. The first-order valence-corrected chi connectivity index (χ1v) is 9.28. The molecule has 0 aliphatic heterocycles. The van der Waals surface area contributed by atoms with E-state index in [1.54, 1.807) is 24.3 Å². The Hall–Kier alpha value is -3.02. The van der Waals surface area contributed by atoms with Crippen molar-refractivity contribution < 1.29 is 9.59 Å². The zero-order valence-corrected chi connectivity index (χ0v) is 15.5. The van der Waals surface area contributed by atoms with Gasteiger partial charge in [0.25, 0.3) is 5.91 Å². The minimum absolute atomic E-state index is 0.0212. The van der Waals surface area contributed by atoms with Crippen LogP contribution < -0.4 is 10.6 Å². The van der Waals surface area contributed by atoms with Crippen LogP contribution in [0.1, 0.15) is 59.7 Å². The van der Waals surface area contributed by atoms with E-state index in [4.69, 9.17) is 0 Å². The van der Waals surface area contributed by atoms with Crippen LogP contribution in [-0.4, -0.2) is 28.2 Å². The van der Waals surface area contributed by atoms with Gasteiger partial charge in [0.1, 0.15) is 0 Å². The first-order valence-electron chi connectivity index (χ1n) is 9.28. The van der Waals surface area contributed by atoms with Crippen molar-refractivity contribution in [3.63, 3.8) is 0 Å². The lowest BCUT2D eigenvalue weighted by Gasteiger charge is -2.13. The van der Waals surface area contributed by atoms with Gasteiger partial charge in [-0.15, -0.1) is 0 Å². The minimum atomic E-state index is -0.163. The van der Waals surface area contributed by atoms with Gasteiger partial charge in [0.2, 0.25) is 5.95 Å². The van der Waals surface area contributed by atoms with Crippen LogP contribution in [0.3, 0.4) is 0 Å². The molecule has 1 aliphatic rings. The zero-order chi connectivity index (χ0) is 19.1. The number of aromatic nitrogens is 2. The molecule has 0 unspecified atom stereocenters. The van der Waals surface area contributed by atoms with Crippen molar-refractivity contribution in [1.29, 1.82) is 0 Å². The van der Waals surface area contributed by atoms with Gasteiger partial charge in [-0.2, -0.15) is 0 Å². The Morgan fingerprint density at radius 3 is 2.41 bits per heavy atom. The molecular formula is C21H24N4O2. The molecule has 1 heterocycles. The van der Waals surface area contributed by atoms with Gasteiger partial charge in [0.05, 0.1) is 5.56 Å². The molecule has 6 nitrogen and oxygen atoms in total. The molecule has 0 spiro atoms. The van der Waals surface area contributed by atoms with Crippen molar-refractivity contribution in [2.24, 2.45) is 0 Å². The summed E-state index contributed by atoms with van der Waals surface area (Å²) in [4.78, 5) is 31.9. The molecule has 0 fully saturated rings. The molecule has 2 aromatic rings. The smallest absolute Gasteiger partial charge is 0.254 e. The Kier molecular flexibility index (Phi) is 6.30. The normalized spacial score (nSPS) is 13.6. The maximum atomic E-state index is 12.2. The van der Waals surface area contributed by atoms with Crippen LogP contribution in [0, 0.1) is 0 Å². The fourth-order valence-corrected chi connectivity index (χ4v) is 3.00. The molecule has 0 atom stereocenters. The molecule has 1 aliphatic carbocycles. The Morgan fingerprint density at radius 1 is 1.04 bits per heavy atom. The summed E-state index contributed by atoms with van der Waals surface area (Å²) in [6, 6.07) is 7.07. The van der Waals surface area contributed by atoms with Crippen LogP contribution in [-0.2, 0) is 0 Å². The van der Waals surface area contributed by atoms with Gasteiger partial charge < -0.3 is 10.6 Å². The zero-order valence-electron chi connectivity index (χ0n) is 15.5. The van der Waals surface area contributed by atoms with Crippen molar-refractivity contribution in [2.45, 2.75) is 39.0 Å². The monoisotopic (exact) mass is 364 g/mol. The van der Waals surface area contributed by atoms with Crippen LogP contribution in [0.5, 0.6) is 0 Å². The topological polar surface area (TPSA) is 84.0 Å². The lowest BCUT2D eigenvalue weighted by Crippen LogP contribution is -2.25. The molecule has 3 rings (SSSR count). The van der Waals surface area contributed by atoms with Gasteiger partial charge >= 0.3 is 0 Å². The number of nitrogens with zero attached hydrogens (tertiary/aromatic N) is 2. The summed E-state index contributed by atoms with van der Waals surface area (Å²) in [6.45, 7) is 2.16. The van der Waals surface area contributed by atoms with Crippen LogP contribution >= 0.6 is 0 Å². The number of Topliss-reactive ketones (excluding diaryl/α,β-unsaturated/α-hetero) is 1. The summed E-state index contributed by atoms with van der Waals surface area (Å²) >= 11 is 0. The van der Waals surface area contributed by atoms with Crippen LogP contribution in [0.15, 0.2) is 48.3 Å². The highest BCUT2D eigenvalue weighted by molar-refractivity contribution is 5.94. The molecule has 2 N–H and O–H groups in total. The summed E-state index contributed by atoms with van der Waals surface area (Å²) in [5, 5.41) is 5.97. The van der Waals surface area contributed by atoms with Gasteiger partial charge in [0, 0.05) is 30.2 Å². The average Bonchev–Trinajstić information content (AvgIpc) is 2.70. The second-order valence-corrected chi connectivity index (χ2v) is 6.67. The van der Waals surface area contributed by atoms with Gasteiger partial charge in [-0.3, -0.25) is 9.59 Å². The number of benzene rings is 1. The molecule has 27 heavy (non-hydrogen) atoms. The highest BCUT2D eigenvalue weighted by Gasteiger charge is 2.09. The predicted octanol–water partition coefficient (Wildman–Crippen LogP) is 4.04. The van der Waals surface area contributed by atoms with E-state index in [2.05, 4.69) is 26.7 Å². The number of carbonyl (C=O) groups excluding carboxylic acids is 2. The summed E-state index contributed by atoms with van der Waals surface area (Å²) < 4.78 is 0. The van der Waals surface area contributed by atoms with Crippen molar-refractivity contribution in [1.82, 2.24) is 15.3 Å². The number of rotatable bonds is 7. The quantitative estimate of drug-likeness (QED) is 0.572. The molecule has 1 aromatic heterocycles. The first-order chi connectivity index (χ1) is 13.1. The fourth-order valence-electron chi connectivity index (χ4n) is 3.00. The summed E-state index contributed by atoms with van der Waals surface area (Å²) in [7, 11) is 0. The van der Waals surface area contributed by atoms with Gasteiger partial charge in [-0.25, -0.2) is 9.97 Å². The SMILES string of the molecule is CC(=O)c1ccc(Nc2ncc(C(=O)NCCC3=CCCCC3)cn2)cc1. The maximum absolute atomic E-state index is 12.2. The Bertz CT molecular complexity index is 826. The molecule has 0 saturated heterocycles. The van der Waals surface area contributed by atoms with E-state index >= 15 is 0 Å². The minimum Gasteiger partial charge on any atom is -0.352 e. The number of allylic oxidation sites excluding steroid dienone is 1. The molecule has 1 aromatic carbocycles. The van der Waals surface area contributed by atoms with Gasteiger partial charge in [-0.05, 0) is 63.3 Å². The molecule has 140 valence electrons. The maximum Gasteiger partial charge on any atom is 0.254 e. The standard InChI is InChI=1S/C21H24N4O2/c1-15(26)17-7-9-19(10-8-17)25-21-23-13-18(14-24-21)20(27)22-12-11-16-5-3-2-4-6-16/h5,7-10,13-14H,2-4,6,11-12H2,1H3,(H,22,27)(H,23,24,25). The lowest BCUT2D eigenvalue weighted by atomic mass is 9.97. The third kappa shape index (κ3) is 5.48. The lowest BCUT2D eigenvalue weighted by molar-refractivity contribution is 0.0952. The second kappa shape index (κ2) is 9.07. The highest BCUT2D eigenvalue weighted by atomic mass is 16.1. The molecule has 0 bridgehead atoms. The molecule has 0 saturated carbocycles. The number of ketones is 1. The van der Waals surface area contributed by atoms with E-state index in [0.717, 1.165) is 24.9 Å². The van der Waals surface area contributed by atoms with Crippen molar-refractivity contribution >= 4 is 23.3 Å². The number of amides is 1. The van der Waals surface area contributed by atoms with E-state index < -0.39 is 0 Å². The van der Waals surface area contributed by atoms with Crippen LogP contribution in [0.25, 0.3) is 0 Å². The molecule has 1 amide bonds. The number of carbonyl (C=O) groups is 2. The van der Waals surface area contributed by atoms with Crippen LogP contribution in [0.4, 0.5) is 11.6 Å². The van der Waals surface area contributed by atoms with Crippen LogP contribution in [0.2, 0.25) is 0 Å². The third-order valence-electron chi connectivity index (χ3n) is 4.58.